The highest BCUT2D eigenvalue weighted by atomic mass is 19.1. The lowest BCUT2D eigenvalue weighted by atomic mass is 10.2. The topological polar surface area (TPSA) is 58.9 Å². The van der Waals surface area contributed by atoms with Crippen LogP contribution in [0.4, 0.5) is 10.1 Å². The van der Waals surface area contributed by atoms with Gasteiger partial charge in [0.15, 0.2) is 0 Å². The molecule has 5 heteroatoms. The number of aromatic nitrogens is 1. The molecule has 0 spiro atoms. The Labute approximate surface area is 84.9 Å². The van der Waals surface area contributed by atoms with Crippen molar-refractivity contribution in [1.29, 1.82) is 0 Å². The second-order valence-electron chi connectivity index (χ2n) is 3.27. The Hall–Kier alpha value is -1.91. The van der Waals surface area contributed by atoms with Gasteiger partial charge in [-0.1, -0.05) is 6.92 Å². The molecule has 0 aliphatic rings. The first kappa shape index (κ1) is 9.64. The van der Waals surface area contributed by atoms with Crippen molar-refractivity contribution in [2.75, 3.05) is 0 Å². The van der Waals surface area contributed by atoms with Crippen molar-refractivity contribution in [2.24, 2.45) is 0 Å². The predicted molar refractivity (Wildman–Crippen MR) is 54.3 cm³/mol. The lowest BCUT2D eigenvalue weighted by Crippen LogP contribution is -1.91. The van der Waals surface area contributed by atoms with Gasteiger partial charge in [0.1, 0.15) is 0 Å². The quantitative estimate of drug-likeness (QED) is 0.609. The van der Waals surface area contributed by atoms with Gasteiger partial charge in [-0.15, -0.1) is 0 Å². The second kappa shape index (κ2) is 3.34. The molecular weight excluding hydrogens is 199 g/mol. The number of hydrogen-bond donors (Lipinski definition) is 1. The predicted octanol–water partition coefficient (Wildman–Crippen LogP) is 2.78. The van der Waals surface area contributed by atoms with Crippen LogP contribution in [-0.4, -0.2) is 9.91 Å². The molecule has 0 bridgehead atoms. The first-order chi connectivity index (χ1) is 7.13. The Balaban J connectivity index is 2.72. The zero-order valence-electron chi connectivity index (χ0n) is 8.08. The molecule has 1 aromatic carbocycles. The van der Waals surface area contributed by atoms with Crippen LogP contribution < -0.4 is 0 Å². The van der Waals surface area contributed by atoms with E-state index in [1.54, 1.807) is 6.07 Å². The van der Waals surface area contributed by atoms with E-state index < -0.39 is 16.4 Å². The van der Waals surface area contributed by atoms with Gasteiger partial charge in [-0.05, 0) is 18.6 Å². The van der Waals surface area contributed by atoms with E-state index in [1.807, 2.05) is 6.92 Å². The van der Waals surface area contributed by atoms with E-state index in [2.05, 4.69) is 4.98 Å². The molecule has 2 rings (SSSR count). The van der Waals surface area contributed by atoms with Crippen molar-refractivity contribution in [1.82, 2.24) is 4.98 Å². The average Bonchev–Trinajstić information content (AvgIpc) is 2.61. The van der Waals surface area contributed by atoms with Crippen molar-refractivity contribution in [3.8, 4) is 0 Å². The van der Waals surface area contributed by atoms with Gasteiger partial charge < -0.3 is 4.98 Å². The minimum atomic E-state index is -0.770. The summed E-state index contributed by atoms with van der Waals surface area (Å²) in [5.74, 6) is -0.770. The van der Waals surface area contributed by atoms with E-state index in [4.69, 9.17) is 0 Å². The van der Waals surface area contributed by atoms with Crippen LogP contribution in [0.3, 0.4) is 0 Å². The summed E-state index contributed by atoms with van der Waals surface area (Å²) in [6, 6.07) is 4.31. The summed E-state index contributed by atoms with van der Waals surface area (Å²) in [6.07, 6.45) is 0.738. The molecule has 0 unspecified atom stereocenters. The van der Waals surface area contributed by atoms with Crippen LogP contribution in [0.2, 0.25) is 0 Å². The summed E-state index contributed by atoms with van der Waals surface area (Å²) in [4.78, 5) is 12.8. The summed E-state index contributed by atoms with van der Waals surface area (Å²) < 4.78 is 13.6. The molecule has 2 aromatic rings. The SMILES string of the molecule is CCc1cc2c(F)c([N+](=O)[O-])ccc2[nH]1. The van der Waals surface area contributed by atoms with Crippen LogP contribution in [0.15, 0.2) is 18.2 Å². The summed E-state index contributed by atoms with van der Waals surface area (Å²) in [5.41, 5.74) is 0.975. The van der Waals surface area contributed by atoms with Crippen LogP contribution in [0, 0.1) is 15.9 Å². The molecule has 1 N–H and O–H groups in total. The summed E-state index contributed by atoms with van der Waals surface area (Å²) >= 11 is 0. The highest BCUT2D eigenvalue weighted by molar-refractivity contribution is 5.83. The molecule has 0 atom stereocenters. The Bertz CT molecular complexity index is 533. The first-order valence-electron chi connectivity index (χ1n) is 4.58. The zero-order chi connectivity index (χ0) is 11.0. The lowest BCUT2D eigenvalue weighted by Gasteiger charge is -1.94. The van der Waals surface area contributed by atoms with Gasteiger partial charge in [0.25, 0.3) is 0 Å². The molecule has 0 radical (unpaired) electrons. The molecule has 0 saturated carbocycles. The molecule has 0 aliphatic heterocycles. The van der Waals surface area contributed by atoms with Gasteiger partial charge in [0.2, 0.25) is 5.82 Å². The van der Waals surface area contributed by atoms with Gasteiger partial charge in [-0.25, -0.2) is 0 Å². The van der Waals surface area contributed by atoms with E-state index in [-0.39, 0.29) is 5.39 Å². The maximum absolute atomic E-state index is 13.6. The minimum absolute atomic E-state index is 0.279. The minimum Gasteiger partial charge on any atom is -0.358 e. The largest absolute Gasteiger partial charge is 0.358 e. The summed E-state index contributed by atoms with van der Waals surface area (Å²) in [5, 5.41) is 10.8. The Kier molecular flexibility index (Phi) is 2.15. The Morgan fingerprint density at radius 2 is 2.27 bits per heavy atom. The van der Waals surface area contributed by atoms with Gasteiger partial charge in [-0.2, -0.15) is 4.39 Å². The average molecular weight is 208 g/mol. The number of fused-ring (bicyclic) bond motifs is 1. The molecule has 78 valence electrons. The van der Waals surface area contributed by atoms with Crippen molar-refractivity contribution in [2.45, 2.75) is 13.3 Å². The third-order valence-electron chi connectivity index (χ3n) is 2.35. The van der Waals surface area contributed by atoms with Crippen molar-refractivity contribution in [3.05, 3.63) is 39.8 Å². The van der Waals surface area contributed by atoms with Crippen molar-refractivity contribution in [3.63, 3.8) is 0 Å². The fourth-order valence-electron chi connectivity index (χ4n) is 1.55. The van der Waals surface area contributed by atoms with Gasteiger partial charge in [0.05, 0.1) is 4.92 Å². The fourth-order valence-corrected chi connectivity index (χ4v) is 1.55. The molecule has 0 fully saturated rings. The normalized spacial score (nSPS) is 10.8. The maximum atomic E-state index is 13.6. The number of nitro groups is 1. The van der Waals surface area contributed by atoms with Gasteiger partial charge in [0, 0.05) is 22.7 Å². The van der Waals surface area contributed by atoms with E-state index >= 15 is 0 Å². The number of halogens is 1. The molecule has 0 saturated heterocycles. The highest BCUT2D eigenvalue weighted by Crippen LogP contribution is 2.26. The van der Waals surface area contributed by atoms with E-state index in [1.165, 1.54) is 12.1 Å². The third-order valence-corrected chi connectivity index (χ3v) is 2.35. The highest BCUT2D eigenvalue weighted by Gasteiger charge is 2.17. The van der Waals surface area contributed by atoms with Gasteiger partial charge >= 0.3 is 5.69 Å². The monoisotopic (exact) mass is 208 g/mol. The fraction of sp³-hybridized carbons (Fsp3) is 0.200. The number of nitrogens with one attached hydrogen (secondary N) is 1. The van der Waals surface area contributed by atoms with E-state index in [0.717, 1.165) is 12.1 Å². The number of nitro benzene ring substituents is 1. The number of rotatable bonds is 2. The van der Waals surface area contributed by atoms with Crippen LogP contribution in [0.5, 0.6) is 0 Å². The van der Waals surface area contributed by atoms with Crippen molar-refractivity contribution < 1.29 is 9.31 Å². The molecule has 1 aromatic heterocycles. The van der Waals surface area contributed by atoms with E-state index in [0.29, 0.717) is 5.52 Å². The molecule has 15 heavy (non-hydrogen) atoms. The lowest BCUT2D eigenvalue weighted by molar-refractivity contribution is -0.387. The van der Waals surface area contributed by atoms with Crippen LogP contribution >= 0.6 is 0 Å². The van der Waals surface area contributed by atoms with E-state index in [9.17, 15) is 14.5 Å². The summed E-state index contributed by atoms with van der Waals surface area (Å²) in [6.45, 7) is 1.93. The number of benzene rings is 1. The smallest absolute Gasteiger partial charge is 0.305 e. The molecule has 0 aliphatic carbocycles. The Morgan fingerprint density at radius 3 is 2.87 bits per heavy atom. The van der Waals surface area contributed by atoms with Crippen LogP contribution in [0.25, 0.3) is 10.9 Å². The molecule has 0 amide bonds. The van der Waals surface area contributed by atoms with Crippen LogP contribution in [0.1, 0.15) is 12.6 Å². The number of hydrogen-bond acceptors (Lipinski definition) is 2. The van der Waals surface area contributed by atoms with Crippen molar-refractivity contribution >= 4 is 16.6 Å². The molecule has 1 heterocycles. The first-order valence-corrected chi connectivity index (χ1v) is 4.58. The Morgan fingerprint density at radius 1 is 1.53 bits per heavy atom. The maximum Gasteiger partial charge on any atom is 0.305 e. The third kappa shape index (κ3) is 1.45. The number of aromatic amines is 1. The second-order valence-corrected chi connectivity index (χ2v) is 3.27. The summed E-state index contributed by atoms with van der Waals surface area (Å²) in [7, 11) is 0. The molecular formula is C10H9FN2O2. The molecule has 4 nitrogen and oxygen atoms in total. The number of H-pyrrole nitrogens is 1. The number of aryl methyl sites for hydroxylation is 1. The standard InChI is InChI=1S/C10H9FN2O2/c1-2-6-5-7-8(12-6)3-4-9(10(7)11)13(14)15/h3-5,12H,2H2,1H3. The van der Waals surface area contributed by atoms with Gasteiger partial charge in [-0.3, -0.25) is 10.1 Å². The van der Waals surface area contributed by atoms with Crippen LogP contribution in [-0.2, 0) is 6.42 Å². The number of nitrogens with zero attached hydrogens (tertiary/aromatic N) is 1. The zero-order valence-corrected chi connectivity index (χ0v) is 8.08.